The topological polar surface area (TPSA) is 58.6 Å². The molecule has 0 aromatic carbocycles. The number of carbonyl (C=O) groups excluding carboxylic acids is 1. The molecular formula is C16H16F2N4O2. The van der Waals surface area contributed by atoms with Crippen LogP contribution in [0.4, 0.5) is 20.3 Å². The van der Waals surface area contributed by atoms with Crippen molar-refractivity contribution in [3.8, 4) is 5.88 Å². The highest BCUT2D eigenvalue weighted by atomic mass is 19.3. The van der Waals surface area contributed by atoms with Gasteiger partial charge in [0.1, 0.15) is 5.69 Å². The Morgan fingerprint density at radius 2 is 2.08 bits per heavy atom. The lowest BCUT2D eigenvalue weighted by Gasteiger charge is -2.34. The number of rotatable bonds is 3. The predicted molar refractivity (Wildman–Crippen MR) is 84.9 cm³/mol. The van der Waals surface area contributed by atoms with Gasteiger partial charge in [-0.25, -0.2) is 8.78 Å². The number of amides is 1. The molecule has 6 nitrogen and oxygen atoms in total. The number of likely N-dealkylation sites (N-methyl/N-ethyl adjacent to an activating group) is 1. The van der Waals surface area contributed by atoms with Gasteiger partial charge in [-0.05, 0) is 18.2 Å². The van der Waals surface area contributed by atoms with Crippen LogP contribution in [0, 0.1) is 0 Å². The molecule has 0 radical (unpaired) electrons. The first-order valence-electron chi connectivity index (χ1n) is 7.34. The first-order chi connectivity index (χ1) is 11.5. The van der Waals surface area contributed by atoms with E-state index in [9.17, 15) is 13.6 Å². The zero-order chi connectivity index (χ0) is 17.3. The number of carbonyl (C=O) groups is 1. The SMILES string of the molecule is COc1ccc2c(n1)N(C)CCN2C(=O)c1cccnc1C(F)F. The molecule has 126 valence electrons. The number of alkyl halides is 2. The van der Waals surface area contributed by atoms with Crippen LogP contribution < -0.4 is 14.5 Å². The fourth-order valence-electron chi connectivity index (χ4n) is 2.63. The number of pyridine rings is 2. The molecule has 8 heteroatoms. The minimum atomic E-state index is -2.81. The van der Waals surface area contributed by atoms with E-state index < -0.39 is 18.0 Å². The van der Waals surface area contributed by atoms with Crippen molar-refractivity contribution in [2.45, 2.75) is 6.43 Å². The van der Waals surface area contributed by atoms with Crippen LogP contribution in [0.5, 0.6) is 5.88 Å². The second-order valence-electron chi connectivity index (χ2n) is 5.31. The monoisotopic (exact) mass is 334 g/mol. The third-order valence-corrected chi connectivity index (χ3v) is 3.87. The maximum Gasteiger partial charge on any atom is 0.281 e. The van der Waals surface area contributed by atoms with Gasteiger partial charge in [0.15, 0.2) is 5.82 Å². The van der Waals surface area contributed by atoms with Crippen LogP contribution in [0.2, 0.25) is 0 Å². The molecule has 0 fully saturated rings. The summed E-state index contributed by atoms with van der Waals surface area (Å²) in [4.78, 5) is 24.2. The van der Waals surface area contributed by atoms with E-state index in [1.807, 2.05) is 11.9 Å². The van der Waals surface area contributed by atoms with Crippen LogP contribution in [-0.4, -0.2) is 43.1 Å². The molecule has 0 saturated heterocycles. The molecule has 1 aliphatic rings. The van der Waals surface area contributed by atoms with Gasteiger partial charge in [0.2, 0.25) is 5.88 Å². The summed E-state index contributed by atoms with van der Waals surface area (Å²) in [6, 6.07) is 6.18. The molecule has 0 spiro atoms. The Balaban J connectivity index is 2.03. The highest BCUT2D eigenvalue weighted by Gasteiger charge is 2.30. The minimum absolute atomic E-state index is 0.0983. The van der Waals surface area contributed by atoms with Gasteiger partial charge in [-0.3, -0.25) is 9.78 Å². The zero-order valence-electron chi connectivity index (χ0n) is 13.2. The molecule has 1 aliphatic heterocycles. The molecule has 1 amide bonds. The first kappa shape index (κ1) is 16.1. The first-order valence-corrected chi connectivity index (χ1v) is 7.34. The molecule has 0 bridgehead atoms. The molecule has 0 N–H and O–H groups in total. The third kappa shape index (κ3) is 2.75. The molecule has 3 heterocycles. The van der Waals surface area contributed by atoms with Gasteiger partial charge in [-0.2, -0.15) is 4.98 Å². The Kier molecular flexibility index (Phi) is 4.28. The van der Waals surface area contributed by atoms with Gasteiger partial charge < -0.3 is 14.5 Å². The van der Waals surface area contributed by atoms with E-state index in [4.69, 9.17) is 4.74 Å². The molecule has 0 saturated carbocycles. The largest absolute Gasteiger partial charge is 0.481 e. The zero-order valence-corrected chi connectivity index (χ0v) is 13.2. The van der Waals surface area contributed by atoms with Crippen molar-refractivity contribution < 1.29 is 18.3 Å². The molecule has 2 aromatic heterocycles. The number of hydrogen-bond donors (Lipinski definition) is 0. The predicted octanol–water partition coefficient (Wildman–Crippen LogP) is 2.52. The van der Waals surface area contributed by atoms with Gasteiger partial charge in [0.25, 0.3) is 12.3 Å². The number of halogens is 2. The van der Waals surface area contributed by atoms with Gasteiger partial charge in [0.05, 0.1) is 18.4 Å². The summed E-state index contributed by atoms with van der Waals surface area (Å²) in [5.41, 5.74) is -0.0538. The summed E-state index contributed by atoms with van der Waals surface area (Å²) in [6.07, 6.45) is -1.56. The van der Waals surface area contributed by atoms with Crippen LogP contribution in [0.15, 0.2) is 30.5 Å². The van der Waals surface area contributed by atoms with Crippen LogP contribution in [0.25, 0.3) is 0 Å². The normalized spacial score (nSPS) is 13.9. The maximum absolute atomic E-state index is 13.1. The Hall–Kier alpha value is -2.77. The smallest absolute Gasteiger partial charge is 0.281 e. The van der Waals surface area contributed by atoms with E-state index in [-0.39, 0.29) is 5.56 Å². The maximum atomic E-state index is 13.1. The fourth-order valence-corrected chi connectivity index (χ4v) is 2.63. The van der Waals surface area contributed by atoms with Crippen molar-refractivity contribution >= 4 is 17.4 Å². The second kappa shape index (κ2) is 6.38. The average Bonchev–Trinajstić information content (AvgIpc) is 2.61. The van der Waals surface area contributed by atoms with E-state index >= 15 is 0 Å². The average molecular weight is 334 g/mol. The molecule has 24 heavy (non-hydrogen) atoms. The highest BCUT2D eigenvalue weighted by Crippen LogP contribution is 2.34. The lowest BCUT2D eigenvalue weighted by Crippen LogP contribution is -2.43. The van der Waals surface area contributed by atoms with Crippen molar-refractivity contribution in [1.29, 1.82) is 0 Å². The summed E-state index contributed by atoms with van der Waals surface area (Å²) in [5.74, 6) is 0.473. The van der Waals surface area contributed by atoms with Gasteiger partial charge in [-0.1, -0.05) is 0 Å². The number of anilines is 2. The lowest BCUT2D eigenvalue weighted by atomic mass is 10.1. The van der Waals surface area contributed by atoms with E-state index in [1.54, 1.807) is 12.1 Å². The van der Waals surface area contributed by atoms with E-state index in [0.717, 1.165) is 0 Å². The molecule has 3 rings (SSSR count). The van der Waals surface area contributed by atoms with Crippen molar-refractivity contribution in [2.75, 3.05) is 37.0 Å². The summed E-state index contributed by atoms with van der Waals surface area (Å²) < 4.78 is 31.4. The Morgan fingerprint density at radius 1 is 1.29 bits per heavy atom. The Labute approximate surface area is 137 Å². The molecule has 0 atom stereocenters. The van der Waals surface area contributed by atoms with Crippen molar-refractivity contribution in [1.82, 2.24) is 9.97 Å². The minimum Gasteiger partial charge on any atom is -0.481 e. The quantitative estimate of drug-likeness (QED) is 0.863. The van der Waals surface area contributed by atoms with Crippen molar-refractivity contribution in [3.05, 3.63) is 41.7 Å². The number of methoxy groups -OCH3 is 1. The number of fused-ring (bicyclic) bond motifs is 1. The van der Waals surface area contributed by atoms with Gasteiger partial charge >= 0.3 is 0 Å². The van der Waals surface area contributed by atoms with Gasteiger partial charge in [-0.15, -0.1) is 0 Å². The Morgan fingerprint density at radius 3 is 2.79 bits per heavy atom. The number of aromatic nitrogens is 2. The molecule has 2 aromatic rings. The summed E-state index contributed by atoms with van der Waals surface area (Å²) >= 11 is 0. The van der Waals surface area contributed by atoms with Crippen molar-refractivity contribution in [3.63, 3.8) is 0 Å². The van der Waals surface area contributed by atoms with Crippen molar-refractivity contribution in [2.24, 2.45) is 0 Å². The molecular weight excluding hydrogens is 318 g/mol. The molecule has 0 aliphatic carbocycles. The number of hydrogen-bond acceptors (Lipinski definition) is 5. The Bertz CT molecular complexity index is 769. The van der Waals surface area contributed by atoms with Crippen LogP contribution in [0.1, 0.15) is 22.5 Å². The van der Waals surface area contributed by atoms with Crippen LogP contribution in [-0.2, 0) is 0 Å². The lowest BCUT2D eigenvalue weighted by molar-refractivity contribution is 0.0969. The van der Waals surface area contributed by atoms with E-state index in [1.165, 1.54) is 30.3 Å². The van der Waals surface area contributed by atoms with Crippen LogP contribution >= 0.6 is 0 Å². The highest BCUT2D eigenvalue weighted by molar-refractivity contribution is 6.08. The summed E-state index contributed by atoms with van der Waals surface area (Å²) in [6.45, 7) is 0.900. The number of ether oxygens (including phenoxy) is 1. The molecule has 0 unspecified atom stereocenters. The third-order valence-electron chi connectivity index (χ3n) is 3.87. The van der Waals surface area contributed by atoms with Gasteiger partial charge in [0, 0.05) is 32.4 Å². The fraction of sp³-hybridized carbons (Fsp3) is 0.312. The van der Waals surface area contributed by atoms with E-state index in [2.05, 4.69) is 9.97 Å². The summed E-state index contributed by atoms with van der Waals surface area (Å²) in [7, 11) is 3.35. The second-order valence-corrected chi connectivity index (χ2v) is 5.31. The van der Waals surface area contributed by atoms with Crippen LogP contribution in [0.3, 0.4) is 0 Å². The van der Waals surface area contributed by atoms with E-state index in [0.29, 0.717) is 30.5 Å². The summed E-state index contributed by atoms with van der Waals surface area (Å²) in [5, 5.41) is 0. The standard InChI is InChI=1S/C16H16F2N4O2/c1-21-8-9-22(11-5-6-12(24-2)20-15(11)21)16(23)10-4-3-7-19-13(10)14(17)18/h3-7,14H,8-9H2,1-2H3. The number of nitrogens with zero attached hydrogens (tertiary/aromatic N) is 4.